The number of aromatic nitrogens is 2. The zero-order chi connectivity index (χ0) is 40.1. The number of aliphatic carboxylic acids is 1. The van der Waals surface area contributed by atoms with Crippen molar-refractivity contribution in [3.05, 3.63) is 107 Å². The minimum absolute atomic E-state index is 0. The molecule has 0 saturated heterocycles. The van der Waals surface area contributed by atoms with Crippen LogP contribution in [0.4, 0.5) is 21.6 Å². The molecule has 0 aliphatic heterocycles. The summed E-state index contributed by atoms with van der Waals surface area (Å²) in [5, 5.41) is 8.74. The Kier molecular flexibility index (Phi) is 19.5. The van der Waals surface area contributed by atoms with Gasteiger partial charge in [0.15, 0.2) is 0 Å². The number of aryl methyl sites for hydroxylation is 2. The summed E-state index contributed by atoms with van der Waals surface area (Å²) in [4.78, 5) is 58.5. The molecule has 4 aromatic rings. The van der Waals surface area contributed by atoms with Crippen LogP contribution in [0.1, 0.15) is 82.1 Å². The number of carbonyl (C=O) groups is 4. The third-order valence-electron chi connectivity index (χ3n) is 6.60. The van der Waals surface area contributed by atoms with Gasteiger partial charge in [-0.15, -0.1) is 0 Å². The van der Waals surface area contributed by atoms with Crippen LogP contribution in [-0.2, 0) is 36.9 Å². The van der Waals surface area contributed by atoms with E-state index < -0.39 is 35.3 Å². The Hall–Kier alpha value is -5.22. The molecule has 0 spiro atoms. The summed E-state index contributed by atoms with van der Waals surface area (Å²) in [6.45, 7) is 16.7. The summed E-state index contributed by atoms with van der Waals surface area (Å²) in [6.07, 6.45) is 7.37. The maximum atomic E-state index is 12.7. The predicted molar refractivity (Wildman–Crippen MR) is 204 cm³/mol. The Morgan fingerprint density at radius 3 is 1.48 bits per heavy atom. The van der Waals surface area contributed by atoms with Crippen molar-refractivity contribution < 1.29 is 82.4 Å². The molecule has 296 valence electrons. The molecule has 2 N–H and O–H groups in total. The molecule has 2 aromatic carbocycles. The molecule has 2 heterocycles. The molecule has 2 amide bonds. The minimum atomic E-state index is -1.03. The van der Waals surface area contributed by atoms with Crippen molar-refractivity contribution in [3.8, 4) is 0 Å². The number of benzene rings is 2. The Balaban J connectivity index is 0.000000542. The number of esters is 1. The fourth-order valence-corrected chi connectivity index (χ4v) is 4.46. The van der Waals surface area contributed by atoms with E-state index in [-0.39, 0.29) is 60.2 Å². The Morgan fingerprint density at radius 1 is 0.732 bits per heavy atom. The van der Waals surface area contributed by atoms with Crippen molar-refractivity contribution in [2.75, 3.05) is 16.4 Å². The first-order chi connectivity index (χ1) is 25.3. The minimum Gasteiger partial charge on any atom is -0.870 e. The molecule has 0 radical (unpaired) electrons. The number of hydrogen-bond donors (Lipinski definition) is 1. The molecule has 0 fully saturated rings. The van der Waals surface area contributed by atoms with Gasteiger partial charge in [-0.1, -0.05) is 36.4 Å². The van der Waals surface area contributed by atoms with Crippen LogP contribution in [0.25, 0.3) is 12.2 Å². The standard InChI is InChI=1S/C21H26N2O5.C19H22N2O5.Na.H2O/c1-6-26-18(24)11-10-16-8-7-9-17(12-16)13-23(19-22-15(2)14-27-19)20(25)28-21(3,4)5;1-13-12-25-17(20-13)21(18(24)26-19(2,3)4)11-15-7-5-6-14(10-15)8-9-16(22)23;;/h7-12,14H,6,13H2,1-5H3;5-10,12H,11H2,1-4H3,(H,22,23);;1H2/q;;+1;/p-1/b11-10+;9-8+;;. The van der Waals surface area contributed by atoms with Crippen LogP contribution in [0, 0.1) is 13.8 Å². The van der Waals surface area contributed by atoms with Gasteiger partial charge in [0.1, 0.15) is 23.7 Å². The van der Waals surface area contributed by atoms with E-state index in [1.54, 1.807) is 86.6 Å². The van der Waals surface area contributed by atoms with E-state index in [1.807, 2.05) is 30.3 Å². The van der Waals surface area contributed by atoms with Crippen molar-refractivity contribution in [2.24, 2.45) is 0 Å². The number of amides is 2. The summed E-state index contributed by atoms with van der Waals surface area (Å²) >= 11 is 0. The van der Waals surface area contributed by atoms with Gasteiger partial charge in [-0.3, -0.25) is 0 Å². The summed E-state index contributed by atoms with van der Waals surface area (Å²) < 4.78 is 26.6. The molecule has 0 aliphatic carbocycles. The molecule has 0 saturated carbocycles. The number of anilines is 2. The van der Waals surface area contributed by atoms with Crippen molar-refractivity contribution in [1.82, 2.24) is 9.97 Å². The van der Waals surface area contributed by atoms with Crippen LogP contribution in [0.2, 0.25) is 0 Å². The van der Waals surface area contributed by atoms with Crippen LogP contribution in [0.15, 0.2) is 82.0 Å². The number of hydrogen-bond acceptors (Lipinski definition) is 12. The van der Waals surface area contributed by atoms with E-state index in [0.29, 0.717) is 23.6 Å². The smallest absolute Gasteiger partial charge is 0.870 e. The first-order valence-electron chi connectivity index (χ1n) is 17.1. The van der Waals surface area contributed by atoms with E-state index in [4.69, 9.17) is 28.2 Å². The number of rotatable bonds is 11. The molecule has 56 heavy (non-hydrogen) atoms. The van der Waals surface area contributed by atoms with Gasteiger partial charge in [0, 0.05) is 12.2 Å². The van der Waals surface area contributed by atoms with Crippen LogP contribution in [0.3, 0.4) is 0 Å². The second-order valence-electron chi connectivity index (χ2n) is 13.9. The average Bonchev–Trinajstić information content (AvgIpc) is 3.71. The predicted octanol–water partition coefficient (Wildman–Crippen LogP) is 5.35. The number of carboxylic acids is 1. The van der Waals surface area contributed by atoms with E-state index in [1.165, 1.54) is 34.5 Å². The molecular formula is C40H49N4NaO11. The van der Waals surface area contributed by atoms with Gasteiger partial charge < -0.3 is 33.6 Å². The Labute approximate surface area is 348 Å². The van der Waals surface area contributed by atoms with Gasteiger partial charge in [0.2, 0.25) is 0 Å². The summed E-state index contributed by atoms with van der Waals surface area (Å²) in [6, 6.07) is 14.9. The number of carboxylic acid groups (broad SMARTS) is 1. The quantitative estimate of drug-likeness (QED) is 0.0883. The van der Waals surface area contributed by atoms with Crippen molar-refractivity contribution in [1.29, 1.82) is 0 Å². The second-order valence-corrected chi connectivity index (χ2v) is 13.9. The van der Waals surface area contributed by atoms with Crippen LogP contribution in [-0.4, -0.2) is 62.5 Å². The molecular weight excluding hydrogens is 735 g/mol. The zero-order valence-electron chi connectivity index (χ0n) is 33.6. The molecule has 2 aromatic heterocycles. The van der Waals surface area contributed by atoms with Gasteiger partial charge in [-0.2, -0.15) is 9.97 Å². The van der Waals surface area contributed by atoms with E-state index in [9.17, 15) is 19.2 Å². The topological polar surface area (TPSA) is 205 Å². The second kappa shape index (κ2) is 22.4. The third-order valence-corrected chi connectivity index (χ3v) is 6.60. The molecule has 0 aliphatic rings. The molecule has 0 unspecified atom stereocenters. The third kappa shape index (κ3) is 17.5. The van der Waals surface area contributed by atoms with Gasteiger partial charge in [-0.25, -0.2) is 29.0 Å². The largest absolute Gasteiger partial charge is 1.00 e. The van der Waals surface area contributed by atoms with Crippen molar-refractivity contribution in [3.63, 3.8) is 0 Å². The van der Waals surface area contributed by atoms with E-state index in [0.717, 1.165) is 22.8 Å². The van der Waals surface area contributed by atoms with Gasteiger partial charge in [0.25, 0.3) is 0 Å². The van der Waals surface area contributed by atoms with Gasteiger partial charge in [-0.05, 0) is 109 Å². The first kappa shape index (κ1) is 48.8. The maximum absolute atomic E-state index is 12.7. The molecule has 16 heteroatoms. The Bertz CT molecular complexity index is 1950. The van der Waals surface area contributed by atoms with E-state index >= 15 is 0 Å². The molecule has 0 atom stereocenters. The first-order valence-corrected chi connectivity index (χ1v) is 17.1. The molecule has 0 bridgehead atoms. The van der Waals surface area contributed by atoms with Crippen molar-refractivity contribution >= 4 is 48.3 Å². The van der Waals surface area contributed by atoms with Crippen LogP contribution in [0.5, 0.6) is 0 Å². The van der Waals surface area contributed by atoms with Gasteiger partial charge in [0.05, 0.1) is 31.1 Å². The summed E-state index contributed by atoms with van der Waals surface area (Å²) in [5.74, 6) is -1.43. The Morgan fingerprint density at radius 2 is 1.14 bits per heavy atom. The SMILES string of the molecule is CCOC(=O)/C=C/c1cccc(CN(C(=O)OC(C)(C)C)c2nc(C)co2)c1.Cc1coc(N(Cc2cccc(/C=C/C(=O)O)c2)C(=O)OC(C)(C)C)n1.[Na+].[OH-]. The van der Waals surface area contributed by atoms with Crippen LogP contribution >= 0.6 is 0 Å². The van der Waals surface area contributed by atoms with Crippen LogP contribution < -0.4 is 39.4 Å². The zero-order valence-corrected chi connectivity index (χ0v) is 35.6. The van der Waals surface area contributed by atoms with Gasteiger partial charge >= 0.3 is 65.7 Å². The fourth-order valence-electron chi connectivity index (χ4n) is 4.46. The maximum Gasteiger partial charge on any atom is 1.00 e. The summed E-state index contributed by atoms with van der Waals surface area (Å²) in [7, 11) is 0. The monoisotopic (exact) mass is 784 g/mol. The number of oxazole rings is 2. The number of ether oxygens (including phenoxy) is 3. The molecule has 15 nitrogen and oxygen atoms in total. The summed E-state index contributed by atoms with van der Waals surface area (Å²) in [5.41, 5.74) is 3.11. The van der Waals surface area contributed by atoms with Crippen molar-refractivity contribution in [2.45, 2.75) is 86.6 Å². The fraction of sp³-hybridized carbons (Fsp3) is 0.350. The number of nitrogens with zero attached hydrogens (tertiary/aromatic N) is 4. The van der Waals surface area contributed by atoms with E-state index in [2.05, 4.69) is 9.97 Å². The number of carbonyl (C=O) groups excluding carboxylic acids is 3. The molecule has 4 rings (SSSR count). The average molecular weight is 785 g/mol. The normalized spacial score (nSPS) is 11.1.